The van der Waals surface area contributed by atoms with Gasteiger partial charge in [-0.2, -0.15) is 0 Å². The van der Waals surface area contributed by atoms with Gasteiger partial charge < -0.3 is 25.4 Å². The molecule has 1 saturated heterocycles. The fourth-order valence-electron chi connectivity index (χ4n) is 1.31. The normalized spacial score (nSPS) is 49.2. The van der Waals surface area contributed by atoms with Crippen LogP contribution >= 0.6 is 0 Å². The summed E-state index contributed by atoms with van der Waals surface area (Å²) in [6.45, 7) is 1.70. The Kier molecular flexibility index (Phi) is 3.03. The molecule has 0 radical (unpaired) electrons. The van der Waals surface area contributed by atoms with Crippen LogP contribution in [0, 0.1) is 0 Å². The van der Waals surface area contributed by atoms with E-state index in [-0.39, 0.29) is 6.10 Å². The van der Waals surface area contributed by atoms with Gasteiger partial charge in [0, 0.05) is 7.11 Å². The lowest BCUT2D eigenvalue weighted by atomic mass is 9.98. The van der Waals surface area contributed by atoms with Crippen LogP contribution in [0.1, 0.15) is 6.92 Å². The van der Waals surface area contributed by atoms with E-state index in [0.717, 1.165) is 0 Å². The summed E-state index contributed by atoms with van der Waals surface area (Å²) in [5.74, 6) is 0. The first kappa shape index (κ1) is 9.88. The predicted octanol–water partition coefficient (Wildman–Crippen LogP) is -1.57. The Labute approximate surface area is 71.1 Å². The third-order valence-corrected chi connectivity index (χ3v) is 2.18. The summed E-state index contributed by atoms with van der Waals surface area (Å²) in [5, 5.41) is 18.8. The van der Waals surface area contributed by atoms with Gasteiger partial charge in [-0.25, -0.2) is 0 Å². The number of methoxy groups -OCH3 is 1. The number of aliphatic hydroxyl groups is 2. The number of ether oxygens (including phenoxy) is 2. The molecule has 0 saturated carbocycles. The van der Waals surface area contributed by atoms with E-state index in [2.05, 4.69) is 0 Å². The van der Waals surface area contributed by atoms with E-state index in [4.69, 9.17) is 15.2 Å². The van der Waals surface area contributed by atoms with E-state index in [1.54, 1.807) is 6.92 Å². The van der Waals surface area contributed by atoms with E-state index >= 15 is 0 Å². The van der Waals surface area contributed by atoms with Crippen LogP contribution in [0.15, 0.2) is 0 Å². The maximum atomic E-state index is 9.49. The Morgan fingerprint density at radius 1 is 1.42 bits per heavy atom. The molecular weight excluding hydrogens is 162 g/mol. The standard InChI is InChI=1S/C7H15NO4/c1-3-4(8)5(9)6(11-2)7(10)12-3/h3-7,9-10H,8H2,1-2H3/t3-,4-,5+,6-,7?/m1/s1. The Hall–Kier alpha value is -0.200. The van der Waals surface area contributed by atoms with Crippen molar-refractivity contribution >= 4 is 0 Å². The van der Waals surface area contributed by atoms with Crippen LogP contribution in [-0.2, 0) is 9.47 Å². The van der Waals surface area contributed by atoms with E-state index in [0.29, 0.717) is 0 Å². The highest BCUT2D eigenvalue weighted by molar-refractivity contribution is 4.90. The molecule has 5 nitrogen and oxygen atoms in total. The van der Waals surface area contributed by atoms with Crippen molar-refractivity contribution in [2.75, 3.05) is 7.11 Å². The van der Waals surface area contributed by atoms with Crippen molar-refractivity contribution in [2.45, 2.75) is 37.6 Å². The molecule has 5 heteroatoms. The summed E-state index contributed by atoms with van der Waals surface area (Å²) in [6, 6.07) is -0.515. The zero-order valence-corrected chi connectivity index (χ0v) is 7.18. The average molecular weight is 177 g/mol. The van der Waals surface area contributed by atoms with Crippen molar-refractivity contribution in [2.24, 2.45) is 5.73 Å². The fourth-order valence-corrected chi connectivity index (χ4v) is 1.31. The molecule has 0 aromatic rings. The zero-order valence-electron chi connectivity index (χ0n) is 7.18. The SMILES string of the molecule is CO[C@H]1C(O)O[C@H](C)[C@@H](N)[C@@H]1O. The smallest absolute Gasteiger partial charge is 0.184 e. The molecule has 1 heterocycles. The molecule has 0 aromatic heterocycles. The molecule has 0 bridgehead atoms. The van der Waals surface area contributed by atoms with Gasteiger partial charge in [-0.05, 0) is 6.92 Å². The minimum absolute atomic E-state index is 0.360. The molecule has 0 spiro atoms. The number of hydrogen-bond donors (Lipinski definition) is 3. The minimum Gasteiger partial charge on any atom is -0.388 e. The molecule has 0 aliphatic carbocycles. The van der Waals surface area contributed by atoms with Crippen molar-refractivity contribution in [3.05, 3.63) is 0 Å². The molecule has 0 amide bonds. The van der Waals surface area contributed by atoms with Crippen LogP contribution in [0.25, 0.3) is 0 Å². The second kappa shape index (κ2) is 3.68. The van der Waals surface area contributed by atoms with Crippen LogP contribution < -0.4 is 5.73 Å². The fraction of sp³-hybridized carbons (Fsp3) is 1.00. The first-order valence-corrected chi connectivity index (χ1v) is 3.88. The molecule has 5 atom stereocenters. The van der Waals surface area contributed by atoms with Gasteiger partial charge in [-0.15, -0.1) is 0 Å². The zero-order chi connectivity index (χ0) is 9.30. The Bertz CT molecular complexity index is 154. The summed E-state index contributed by atoms with van der Waals surface area (Å²) in [6.07, 6.45) is -3.09. The first-order chi connectivity index (χ1) is 5.57. The Balaban J connectivity index is 2.65. The van der Waals surface area contributed by atoms with Gasteiger partial charge in [-0.1, -0.05) is 0 Å². The molecule has 12 heavy (non-hydrogen) atoms. The van der Waals surface area contributed by atoms with Gasteiger partial charge >= 0.3 is 0 Å². The highest BCUT2D eigenvalue weighted by Crippen LogP contribution is 2.19. The molecule has 4 N–H and O–H groups in total. The van der Waals surface area contributed by atoms with Crippen molar-refractivity contribution in [3.63, 3.8) is 0 Å². The molecule has 1 aliphatic rings. The van der Waals surface area contributed by atoms with Crippen LogP contribution in [0.4, 0.5) is 0 Å². The molecule has 0 aromatic carbocycles. The number of rotatable bonds is 1. The molecule has 1 aliphatic heterocycles. The van der Waals surface area contributed by atoms with E-state index < -0.39 is 24.5 Å². The van der Waals surface area contributed by atoms with Gasteiger partial charge in [0.15, 0.2) is 6.29 Å². The van der Waals surface area contributed by atoms with Gasteiger partial charge in [-0.3, -0.25) is 0 Å². The van der Waals surface area contributed by atoms with Crippen LogP contribution in [-0.4, -0.2) is 48.0 Å². The molecule has 1 fully saturated rings. The van der Waals surface area contributed by atoms with Crippen LogP contribution in [0.3, 0.4) is 0 Å². The van der Waals surface area contributed by atoms with Gasteiger partial charge in [0.2, 0.25) is 0 Å². The van der Waals surface area contributed by atoms with Gasteiger partial charge in [0.25, 0.3) is 0 Å². The summed E-state index contributed by atoms with van der Waals surface area (Å²) < 4.78 is 9.85. The van der Waals surface area contributed by atoms with Crippen molar-refractivity contribution in [1.82, 2.24) is 0 Å². The average Bonchev–Trinajstić information content (AvgIpc) is 2.01. The van der Waals surface area contributed by atoms with E-state index in [9.17, 15) is 10.2 Å². The lowest BCUT2D eigenvalue weighted by molar-refractivity contribution is -0.256. The van der Waals surface area contributed by atoms with Gasteiger partial charge in [0.1, 0.15) is 12.2 Å². The van der Waals surface area contributed by atoms with Gasteiger partial charge in [0.05, 0.1) is 12.1 Å². The molecule has 1 unspecified atom stereocenters. The first-order valence-electron chi connectivity index (χ1n) is 3.88. The molecule has 72 valence electrons. The topological polar surface area (TPSA) is 84.9 Å². The number of hydrogen-bond acceptors (Lipinski definition) is 5. The second-order valence-corrected chi connectivity index (χ2v) is 3.00. The summed E-state index contributed by atoms with van der Waals surface area (Å²) in [5.41, 5.74) is 5.58. The Morgan fingerprint density at radius 2 is 2.00 bits per heavy atom. The molecule has 1 rings (SSSR count). The van der Waals surface area contributed by atoms with E-state index in [1.165, 1.54) is 7.11 Å². The quantitative estimate of drug-likeness (QED) is 0.450. The lowest BCUT2D eigenvalue weighted by Crippen LogP contribution is -2.60. The second-order valence-electron chi connectivity index (χ2n) is 3.00. The maximum Gasteiger partial charge on any atom is 0.184 e. The van der Waals surface area contributed by atoms with Crippen LogP contribution in [0.5, 0.6) is 0 Å². The predicted molar refractivity (Wildman–Crippen MR) is 41.3 cm³/mol. The monoisotopic (exact) mass is 177 g/mol. The van der Waals surface area contributed by atoms with Crippen molar-refractivity contribution < 1.29 is 19.7 Å². The summed E-state index contributed by atoms with van der Waals surface area (Å²) >= 11 is 0. The lowest BCUT2D eigenvalue weighted by Gasteiger charge is -2.39. The van der Waals surface area contributed by atoms with Crippen molar-refractivity contribution in [3.8, 4) is 0 Å². The van der Waals surface area contributed by atoms with E-state index in [1.807, 2.05) is 0 Å². The third kappa shape index (κ3) is 1.60. The maximum absolute atomic E-state index is 9.49. The largest absolute Gasteiger partial charge is 0.388 e. The highest BCUT2D eigenvalue weighted by atomic mass is 16.6. The number of nitrogens with two attached hydrogens (primary N) is 1. The summed E-state index contributed by atoms with van der Waals surface area (Å²) in [4.78, 5) is 0. The Morgan fingerprint density at radius 3 is 2.50 bits per heavy atom. The molecular formula is C7H15NO4. The number of aliphatic hydroxyl groups excluding tert-OH is 2. The third-order valence-electron chi connectivity index (χ3n) is 2.18. The minimum atomic E-state index is -1.10. The summed E-state index contributed by atoms with van der Waals surface area (Å²) in [7, 11) is 1.39. The highest BCUT2D eigenvalue weighted by Gasteiger charge is 2.40. The van der Waals surface area contributed by atoms with Crippen LogP contribution in [0.2, 0.25) is 0 Å². The van der Waals surface area contributed by atoms with Crippen molar-refractivity contribution in [1.29, 1.82) is 0 Å².